The van der Waals surface area contributed by atoms with E-state index in [9.17, 15) is 18.0 Å². The summed E-state index contributed by atoms with van der Waals surface area (Å²) in [6.07, 6.45) is 9.52. The molecular formula is C21H29N6O4S+. The van der Waals surface area contributed by atoms with Crippen LogP contribution in [0.5, 0.6) is 0 Å². The highest BCUT2D eigenvalue weighted by Crippen LogP contribution is 2.36. The Morgan fingerprint density at radius 1 is 1.31 bits per heavy atom. The number of nitrogens with zero attached hydrogens (tertiary/aromatic N) is 5. The largest absolute Gasteiger partial charge is 0.501 e. The van der Waals surface area contributed by atoms with E-state index in [-0.39, 0.29) is 12.1 Å². The lowest BCUT2D eigenvalue weighted by Crippen LogP contribution is -2.50. The van der Waals surface area contributed by atoms with Gasteiger partial charge in [0.05, 0.1) is 19.8 Å². The molecule has 10 nitrogen and oxygen atoms in total. The monoisotopic (exact) mass is 461 g/mol. The minimum absolute atomic E-state index is 0.0616. The van der Waals surface area contributed by atoms with Crippen molar-refractivity contribution in [2.45, 2.75) is 43.6 Å². The van der Waals surface area contributed by atoms with Gasteiger partial charge in [-0.3, -0.25) is 4.68 Å². The highest BCUT2D eigenvalue weighted by molar-refractivity contribution is 7.90. The van der Waals surface area contributed by atoms with Gasteiger partial charge in [0.1, 0.15) is 23.1 Å². The van der Waals surface area contributed by atoms with Crippen LogP contribution in [0, 0.1) is 0 Å². The zero-order chi connectivity index (χ0) is 23.3. The third-order valence-corrected chi connectivity index (χ3v) is 7.74. The predicted octanol–water partition coefficient (Wildman–Crippen LogP) is 0.327. The molecule has 3 amide bonds. The molecule has 0 aromatic carbocycles. The summed E-state index contributed by atoms with van der Waals surface area (Å²) >= 11 is 0. The topological polar surface area (TPSA) is 108 Å². The van der Waals surface area contributed by atoms with Gasteiger partial charge >= 0.3 is 11.9 Å². The number of fused-ring (bicyclic) bond motifs is 1. The summed E-state index contributed by atoms with van der Waals surface area (Å²) in [5.41, 5.74) is 0.937. The molecule has 32 heavy (non-hydrogen) atoms. The second kappa shape index (κ2) is 8.05. The average Bonchev–Trinajstić information content (AvgIpc) is 3.27. The van der Waals surface area contributed by atoms with Gasteiger partial charge in [-0.15, -0.1) is 0 Å². The van der Waals surface area contributed by atoms with Crippen molar-refractivity contribution in [1.29, 1.82) is 0 Å². The van der Waals surface area contributed by atoms with E-state index in [1.165, 1.54) is 16.7 Å². The molecule has 172 valence electrons. The molecule has 1 atom stereocenters. The Balaban J connectivity index is 1.56. The van der Waals surface area contributed by atoms with Crippen LogP contribution in [0.15, 0.2) is 36.2 Å². The molecule has 0 bridgehead atoms. The van der Waals surface area contributed by atoms with Crippen LogP contribution < -0.4 is 4.72 Å². The number of rotatable bonds is 8. The van der Waals surface area contributed by atoms with Crippen LogP contribution in [-0.2, 0) is 27.9 Å². The molecule has 2 heterocycles. The number of sulfonamides is 1. The standard InChI is InChI=1S/C21H29N6O4S/c1-21(7-8-21)23-32(30,31)16-5-6-18-17(11-16)19(28)27(20(29)25(18)4)14-15-12-22-26(13-15)10-9-24(2)3/h5-6,11-13,16,23H,7-10,14H2,1-4H3/q+1. The molecule has 1 saturated carbocycles. The van der Waals surface area contributed by atoms with E-state index in [4.69, 9.17) is 0 Å². The number of amides is 3. The molecule has 1 N–H and O–H groups in total. The van der Waals surface area contributed by atoms with Crippen molar-refractivity contribution in [2.75, 3.05) is 27.7 Å². The first kappa shape index (κ1) is 22.6. The Morgan fingerprint density at radius 2 is 2.03 bits per heavy atom. The fourth-order valence-corrected chi connectivity index (χ4v) is 5.33. The molecule has 1 unspecified atom stereocenters. The van der Waals surface area contributed by atoms with Crippen LogP contribution in [-0.4, -0.2) is 88.7 Å². The fraction of sp³-hybridized carbons (Fsp3) is 0.524. The van der Waals surface area contributed by atoms with E-state index in [2.05, 4.69) is 9.82 Å². The lowest BCUT2D eigenvalue weighted by molar-refractivity contribution is -0.402. The Bertz CT molecular complexity index is 1160. The first-order valence-corrected chi connectivity index (χ1v) is 12.1. The number of allylic oxidation sites excluding steroid dienone is 1. The number of hydrogen-bond acceptors (Lipinski definition) is 6. The molecule has 1 fully saturated rings. The maximum Gasteiger partial charge on any atom is 0.501 e. The zero-order valence-corrected chi connectivity index (χ0v) is 19.6. The second-order valence-electron chi connectivity index (χ2n) is 9.14. The van der Waals surface area contributed by atoms with Gasteiger partial charge in [0.2, 0.25) is 10.0 Å². The van der Waals surface area contributed by atoms with Crippen molar-refractivity contribution >= 4 is 27.7 Å². The van der Waals surface area contributed by atoms with E-state index in [0.717, 1.165) is 29.8 Å². The summed E-state index contributed by atoms with van der Waals surface area (Å²) in [5, 5.41) is 3.32. The quantitative estimate of drug-likeness (QED) is 0.559. The lowest BCUT2D eigenvalue weighted by atomic mass is 9.99. The Labute approximate surface area is 187 Å². The maximum absolute atomic E-state index is 13.2. The van der Waals surface area contributed by atoms with Crippen LogP contribution in [0.4, 0.5) is 4.79 Å². The number of likely N-dealkylation sites (N-methyl/N-ethyl adjacent to an activating group) is 1. The van der Waals surface area contributed by atoms with Gasteiger partial charge in [-0.25, -0.2) is 17.9 Å². The molecule has 1 aromatic heterocycles. The summed E-state index contributed by atoms with van der Waals surface area (Å²) < 4.78 is 31.5. The molecule has 3 aliphatic rings. The van der Waals surface area contributed by atoms with E-state index >= 15 is 0 Å². The van der Waals surface area contributed by atoms with E-state index < -0.39 is 32.8 Å². The Hall–Kier alpha value is -2.63. The van der Waals surface area contributed by atoms with Crippen LogP contribution in [0.1, 0.15) is 25.3 Å². The first-order valence-electron chi connectivity index (χ1n) is 10.5. The average molecular weight is 462 g/mol. The molecule has 11 heteroatoms. The SMILES string of the molecule is CN(C)CCn1cc(CN2C(=O)C3=CC(S(=O)(=O)NC4(C)CC4)C=CC3=[N+](C)C2=O)cn1. The maximum atomic E-state index is 13.2. The molecule has 1 aromatic rings. The van der Waals surface area contributed by atoms with Gasteiger partial charge in [0.25, 0.3) is 0 Å². The predicted molar refractivity (Wildman–Crippen MR) is 119 cm³/mol. The summed E-state index contributed by atoms with van der Waals surface area (Å²) in [4.78, 5) is 29.3. The van der Waals surface area contributed by atoms with Gasteiger partial charge in [-0.1, -0.05) is 6.08 Å². The summed E-state index contributed by atoms with van der Waals surface area (Å²) in [7, 11) is 1.83. The Kier molecular flexibility index (Phi) is 5.68. The van der Waals surface area contributed by atoms with Gasteiger partial charge in [-0.2, -0.15) is 19.4 Å². The highest BCUT2D eigenvalue weighted by atomic mass is 32.2. The summed E-state index contributed by atoms with van der Waals surface area (Å²) in [6, 6.07) is -0.460. The summed E-state index contributed by atoms with van der Waals surface area (Å²) in [6.45, 7) is 3.42. The third-order valence-electron chi connectivity index (χ3n) is 5.96. The fourth-order valence-electron chi connectivity index (χ4n) is 3.70. The normalized spacial score (nSPS) is 22.5. The minimum atomic E-state index is -3.69. The van der Waals surface area contributed by atoms with Crippen LogP contribution in [0.2, 0.25) is 0 Å². The van der Waals surface area contributed by atoms with Crippen molar-refractivity contribution < 1.29 is 22.6 Å². The van der Waals surface area contributed by atoms with Crippen LogP contribution >= 0.6 is 0 Å². The van der Waals surface area contributed by atoms with E-state index in [1.54, 1.807) is 24.0 Å². The number of imide groups is 1. The molecular weight excluding hydrogens is 432 g/mol. The molecule has 4 rings (SSSR count). The Morgan fingerprint density at radius 3 is 2.69 bits per heavy atom. The van der Waals surface area contributed by atoms with Gasteiger partial charge in [-0.05, 0) is 46.0 Å². The van der Waals surface area contributed by atoms with E-state index in [0.29, 0.717) is 12.3 Å². The highest BCUT2D eigenvalue weighted by Gasteiger charge is 2.46. The van der Waals surface area contributed by atoms with Gasteiger partial charge < -0.3 is 4.90 Å². The summed E-state index contributed by atoms with van der Waals surface area (Å²) in [5.74, 6) is -0.508. The van der Waals surface area contributed by atoms with Crippen molar-refractivity contribution in [3.8, 4) is 0 Å². The van der Waals surface area contributed by atoms with Crippen molar-refractivity contribution in [3.63, 3.8) is 0 Å². The van der Waals surface area contributed by atoms with Crippen molar-refractivity contribution in [1.82, 2.24) is 24.3 Å². The van der Waals surface area contributed by atoms with Gasteiger partial charge in [0, 0.05) is 23.8 Å². The number of hydrogen-bond donors (Lipinski definition) is 1. The molecule has 1 aliphatic heterocycles. The number of nitrogens with one attached hydrogen (secondary N) is 1. The second-order valence-corrected chi connectivity index (χ2v) is 11.0. The molecule has 2 aliphatic carbocycles. The van der Waals surface area contributed by atoms with E-state index in [1.807, 2.05) is 32.1 Å². The zero-order valence-electron chi connectivity index (χ0n) is 18.8. The smallest absolute Gasteiger partial charge is 0.308 e. The molecule has 0 radical (unpaired) electrons. The van der Waals surface area contributed by atoms with Crippen LogP contribution in [0.25, 0.3) is 0 Å². The third kappa shape index (κ3) is 4.45. The lowest BCUT2D eigenvalue weighted by Gasteiger charge is -2.25. The van der Waals surface area contributed by atoms with Crippen LogP contribution in [0.3, 0.4) is 0 Å². The molecule has 0 spiro atoms. The van der Waals surface area contributed by atoms with Crippen molar-refractivity contribution in [3.05, 3.63) is 41.8 Å². The number of carbonyl (C=O) groups is 2. The van der Waals surface area contributed by atoms with Gasteiger partial charge in [0.15, 0.2) is 0 Å². The van der Waals surface area contributed by atoms with Crippen molar-refractivity contribution in [2.24, 2.45) is 0 Å². The first-order chi connectivity index (χ1) is 15.0. The number of aromatic nitrogens is 2. The minimum Gasteiger partial charge on any atom is -0.308 e. The molecule has 0 saturated heterocycles. The number of carbonyl (C=O) groups excluding carboxylic acids is 2. The number of urea groups is 1.